The molecule has 2 aromatic heterocycles. The molecule has 4 rings (SSSR count). The second-order valence-corrected chi connectivity index (χ2v) is 6.46. The molecule has 3 heterocycles. The van der Waals surface area contributed by atoms with Gasteiger partial charge in [0.1, 0.15) is 0 Å². The number of benzene rings is 1. The Labute approximate surface area is 161 Å². The van der Waals surface area contributed by atoms with Crippen LogP contribution in [0.5, 0.6) is 11.5 Å². The first-order chi connectivity index (χ1) is 13.7. The lowest BCUT2D eigenvalue weighted by molar-refractivity contribution is -0.121. The maximum absolute atomic E-state index is 12.4. The summed E-state index contributed by atoms with van der Waals surface area (Å²) >= 11 is 0. The van der Waals surface area contributed by atoms with Crippen LogP contribution in [0, 0.1) is 0 Å². The van der Waals surface area contributed by atoms with Crippen LogP contribution in [0.3, 0.4) is 0 Å². The van der Waals surface area contributed by atoms with Crippen molar-refractivity contribution in [2.45, 2.75) is 25.8 Å². The summed E-state index contributed by atoms with van der Waals surface area (Å²) in [5, 5.41) is 10.9. The van der Waals surface area contributed by atoms with E-state index in [9.17, 15) is 9.59 Å². The summed E-state index contributed by atoms with van der Waals surface area (Å²) in [7, 11) is 0. The topological polar surface area (TPSA) is 94.8 Å². The molecule has 0 bridgehead atoms. The maximum atomic E-state index is 12.4. The average Bonchev–Trinajstić information content (AvgIpc) is 2.98. The van der Waals surface area contributed by atoms with E-state index in [1.807, 2.05) is 28.8 Å². The maximum Gasteiger partial charge on any atom is 0.220 e. The van der Waals surface area contributed by atoms with Crippen LogP contribution in [-0.2, 0) is 11.3 Å². The zero-order valence-corrected chi connectivity index (χ0v) is 15.3. The summed E-state index contributed by atoms with van der Waals surface area (Å²) in [5.74, 6) is 1.53. The van der Waals surface area contributed by atoms with Gasteiger partial charge in [0, 0.05) is 31.0 Å². The highest BCUT2D eigenvalue weighted by atomic mass is 16.5. The molecule has 3 aromatic rings. The Balaban J connectivity index is 1.31. The molecule has 28 heavy (non-hydrogen) atoms. The lowest BCUT2D eigenvalue weighted by atomic mass is 10.1. The lowest BCUT2D eigenvalue weighted by Crippen LogP contribution is -2.24. The molecule has 1 aliphatic rings. The molecule has 1 N–H and O–H groups in total. The van der Waals surface area contributed by atoms with Gasteiger partial charge >= 0.3 is 0 Å². The Hall–Kier alpha value is -3.42. The molecule has 0 saturated heterocycles. The minimum absolute atomic E-state index is 0.101. The molecule has 1 aromatic carbocycles. The molecule has 144 valence electrons. The quantitative estimate of drug-likeness (QED) is 0.659. The van der Waals surface area contributed by atoms with E-state index in [0.717, 1.165) is 12.1 Å². The van der Waals surface area contributed by atoms with Gasteiger partial charge in [-0.2, -0.15) is 0 Å². The fourth-order valence-corrected chi connectivity index (χ4v) is 2.99. The molecule has 0 fully saturated rings. The molecule has 1 aliphatic heterocycles. The zero-order valence-electron chi connectivity index (χ0n) is 15.3. The van der Waals surface area contributed by atoms with E-state index in [2.05, 4.69) is 15.5 Å². The summed E-state index contributed by atoms with van der Waals surface area (Å²) in [5.41, 5.74) is 1.23. The van der Waals surface area contributed by atoms with Crippen molar-refractivity contribution in [2.75, 3.05) is 13.2 Å². The molecule has 1 amide bonds. The Morgan fingerprint density at radius 3 is 2.79 bits per heavy atom. The third kappa shape index (κ3) is 3.95. The molecule has 0 saturated carbocycles. The van der Waals surface area contributed by atoms with Gasteiger partial charge in [0.15, 0.2) is 28.8 Å². The van der Waals surface area contributed by atoms with Gasteiger partial charge in [-0.1, -0.05) is 6.07 Å². The number of hydrogen-bond donors (Lipinski definition) is 1. The first-order valence-corrected chi connectivity index (χ1v) is 9.19. The number of nitrogens with zero attached hydrogens (tertiary/aromatic N) is 3. The number of ether oxygens (including phenoxy) is 2. The van der Waals surface area contributed by atoms with E-state index in [1.165, 1.54) is 0 Å². The van der Waals surface area contributed by atoms with Crippen LogP contribution in [0.25, 0.3) is 5.65 Å². The van der Waals surface area contributed by atoms with Gasteiger partial charge in [-0.15, -0.1) is 10.2 Å². The van der Waals surface area contributed by atoms with Crippen molar-refractivity contribution in [1.82, 2.24) is 19.9 Å². The zero-order chi connectivity index (χ0) is 19.3. The Morgan fingerprint density at radius 2 is 1.89 bits per heavy atom. The largest absolute Gasteiger partial charge is 0.490 e. The van der Waals surface area contributed by atoms with Gasteiger partial charge in [0.2, 0.25) is 5.91 Å². The van der Waals surface area contributed by atoms with Gasteiger partial charge in [-0.25, -0.2) is 0 Å². The van der Waals surface area contributed by atoms with Gasteiger partial charge in [-0.05, 0) is 30.3 Å². The normalized spacial score (nSPS) is 13.1. The predicted octanol–water partition coefficient (Wildman–Crippen LogP) is 2.17. The van der Waals surface area contributed by atoms with Crippen molar-refractivity contribution in [2.24, 2.45) is 0 Å². The highest BCUT2D eigenvalue weighted by molar-refractivity contribution is 5.98. The van der Waals surface area contributed by atoms with Crippen LogP contribution in [0.15, 0.2) is 42.6 Å². The molecule has 0 unspecified atom stereocenters. The second kappa shape index (κ2) is 8.08. The Kier molecular flexibility index (Phi) is 5.18. The van der Waals surface area contributed by atoms with Gasteiger partial charge in [-0.3, -0.25) is 14.0 Å². The number of pyridine rings is 1. The summed E-state index contributed by atoms with van der Waals surface area (Å²) in [6.07, 6.45) is 2.86. The van der Waals surface area contributed by atoms with Crippen molar-refractivity contribution in [1.29, 1.82) is 0 Å². The molecular weight excluding hydrogens is 360 g/mol. The first kappa shape index (κ1) is 18.0. The fraction of sp³-hybridized carbons (Fsp3) is 0.300. The lowest BCUT2D eigenvalue weighted by Gasteiger charge is -2.09. The van der Waals surface area contributed by atoms with Crippen molar-refractivity contribution in [3.05, 3.63) is 54.0 Å². The molecule has 0 aliphatic carbocycles. The molecule has 0 radical (unpaired) electrons. The van der Waals surface area contributed by atoms with E-state index in [1.54, 1.807) is 18.2 Å². The van der Waals surface area contributed by atoms with Crippen molar-refractivity contribution < 1.29 is 19.1 Å². The monoisotopic (exact) mass is 380 g/mol. The molecule has 8 nitrogen and oxygen atoms in total. The van der Waals surface area contributed by atoms with Gasteiger partial charge < -0.3 is 14.8 Å². The number of nitrogens with one attached hydrogen (secondary N) is 1. The van der Waals surface area contributed by atoms with Crippen LogP contribution in [-0.4, -0.2) is 39.5 Å². The number of aromatic nitrogens is 3. The van der Waals surface area contributed by atoms with Crippen LogP contribution in [0.1, 0.15) is 35.4 Å². The van der Waals surface area contributed by atoms with Gasteiger partial charge in [0.25, 0.3) is 0 Å². The van der Waals surface area contributed by atoms with Crippen LogP contribution >= 0.6 is 0 Å². The molecular formula is C20H20N4O4. The van der Waals surface area contributed by atoms with Crippen LogP contribution < -0.4 is 14.8 Å². The number of hydrogen-bond acceptors (Lipinski definition) is 6. The number of ketones is 1. The van der Waals surface area contributed by atoms with E-state index >= 15 is 0 Å². The summed E-state index contributed by atoms with van der Waals surface area (Å²) in [4.78, 5) is 24.5. The third-order valence-electron chi connectivity index (χ3n) is 4.48. The second-order valence-electron chi connectivity index (χ2n) is 6.46. The van der Waals surface area contributed by atoms with Crippen molar-refractivity contribution >= 4 is 17.3 Å². The van der Waals surface area contributed by atoms with E-state index in [4.69, 9.17) is 9.47 Å². The standard InChI is InChI=1S/C20H20N4O4/c25-15(14-5-7-16-17(12-14)28-11-3-10-27-16)6-8-20(26)21-13-19-23-22-18-4-1-2-9-24(18)19/h1-2,4-5,7,9,12H,3,6,8,10-11,13H2,(H,21,26). The molecule has 0 spiro atoms. The van der Waals surface area contributed by atoms with E-state index in [0.29, 0.717) is 36.1 Å². The number of carbonyl (C=O) groups is 2. The van der Waals surface area contributed by atoms with E-state index in [-0.39, 0.29) is 31.1 Å². The summed E-state index contributed by atoms with van der Waals surface area (Å²) < 4.78 is 13.0. The Morgan fingerprint density at radius 1 is 1.04 bits per heavy atom. The third-order valence-corrected chi connectivity index (χ3v) is 4.48. The van der Waals surface area contributed by atoms with Crippen molar-refractivity contribution in [3.63, 3.8) is 0 Å². The Bertz CT molecular complexity index is 1010. The van der Waals surface area contributed by atoms with Gasteiger partial charge in [0.05, 0.1) is 19.8 Å². The van der Waals surface area contributed by atoms with Crippen LogP contribution in [0.2, 0.25) is 0 Å². The average molecular weight is 380 g/mol. The number of Topliss-reactive ketones (excluding diaryl/α,β-unsaturated/α-hetero) is 1. The summed E-state index contributed by atoms with van der Waals surface area (Å²) in [6.45, 7) is 1.41. The number of carbonyl (C=O) groups excluding carboxylic acids is 2. The fourth-order valence-electron chi connectivity index (χ4n) is 2.99. The molecule has 0 atom stereocenters. The highest BCUT2D eigenvalue weighted by Crippen LogP contribution is 2.30. The van der Waals surface area contributed by atoms with E-state index < -0.39 is 0 Å². The molecule has 8 heteroatoms. The number of fused-ring (bicyclic) bond motifs is 2. The summed E-state index contributed by atoms with van der Waals surface area (Å²) in [6, 6.07) is 10.7. The smallest absolute Gasteiger partial charge is 0.220 e. The van der Waals surface area contributed by atoms with Crippen LogP contribution in [0.4, 0.5) is 0 Å². The SMILES string of the molecule is O=C(CCC(=O)c1ccc2c(c1)OCCCO2)NCc1nnc2ccccn12. The number of amides is 1. The number of rotatable bonds is 6. The highest BCUT2D eigenvalue weighted by Gasteiger charge is 2.15. The first-order valence-electron chi connectivity index (χ1n) is 9.19. The predicted molar refractivity (Wildman–Crippen MR) is 100 cm³/mol. The van der Waals surface area contributed by atoms with Crippen molar-refractivity contribution in [3.8, 4) is 11.5 Å². The minimum atomic E-state index is -0.213. The minimum Gasteiger partial charge on any atom is -0.490 e.